The van der Waals surface area contributed by atoms with E-state index in [1.54, 1.807) is 11.3 Å². The number of nitrogens with one attached hydrogen (secondary N) is 1. The second kappa shape index (κ2) is 5.86. The molecular weight excluding hydrogens is 268 g/mol. The maximum absolute atomic E-state index is 12.6. The Morgan fingerprint density at radius 3 is 2.90 bits per heavy atom. The van der Waals surface area contributed by atoms with Crippen LogP contribution in [-0.2, 0) is 4.79 Å². The maximum atomic E-state index is 12.6. The average Bonchev–Trinajstić information content (AvgIpc) is 3.08. The third-order valence-electron chi connectivity index (χ3n) is 4.60. The van der Waals surface area contributed by atoms with Crippen molar-refractivity contribution in [2.45, 2.75) is 51.7 Å². The molecule has 0 spiro atoms. The van der Waals surface area contributed by atoms with Gasteiger partial charge < -0.3 is 4.90 Å². The van der Waals surface area contributed by atoms with Crippen LogP contribution in [0.25, 0.3) is 0 Å². The molecule has 20 heavy (non-hydrogen) atoms. The van der Waals surface area contributed by atoms with Crippen LogP contribution >= 0.6 is 11.3 Å². The van der Waals surface area contributed by atoms with Crippen LogP contribution in [0.2, 0.25) is 0 Å². The second-order valence-electron chi connectivity index (χ2n) is 6.27. The van der Waals surface area contributed by atoms with E-state index in [1.165, 1.54) is 18.4 Å². The Morgan fingerprint density at radius 2 is 2.30 bits per heavy atom. The molecule has 1 aromatic heterocycles. The number of hydrogen-bond donors (Lipinski definition) is 1. The maximum Gasteiger partial charge on any atom is 0.241 e. The lowest BCUT2D eigenvalue weighted by atomic mass is 10.1. The Hall–Kier alpha value is -0.870. The normalized spacial score (nSPS) is 28.1. The van der Waals surface area contributed by atoms with Crippen molar-refractivity contribution in [1.82, 2.24) is 10.2 Å². The molecular formula is C16H24N2OS. The van der Waals surface area contributed by atoms with E-state index in [-0.39, 0.29) is 12.2 Å². The molecule has 3 rings (SSSR count). The van der Waals surface area contributed by atoms with Crippen molar-refractivity contribution in [3.05, 3.63) is 22.4 Å². The molecule has 3 nitrogen and oxygen atoms in total. The summed E-state index contributed by atoms with van der Waals surface area (Å²) in [6, 6.07) is 2.15. The molecule has 1 aliphatic heterocycles. The highest BCUT2D eigenvalue weighted by Crippen LogP contribution is 2.39. The molecule has 0 aromatic carbocycles. The van der Waals surface area contributed by atoms with Gasteiger partial charge in [0.2, 0.25) is 5.91 Å². The number of rotatable bonds is 6. The van der Waals surface area contributed by atoms with E-state index >= 15 is 0 Å². The number of hydrogen-bond acceptors (Lipinski definition) is 3. The van der Waals surface area contributed by atoms with Gasteiger partial charge in [0.1, 0.15) is 6.17 Å². The number of carbonyl (C=O) groups is 1. The van der Waals surface area contributed by atoms with Gasteiger partial charge in [0.25, 0.3) is 0 Å². The van der Waals surface area contributed by atoms with Gasteiger partial charge in [-0.15, -0.1) is 0 Å². The minimum atomic E-state index is 0.0105. The average molecular weight is 292 g/mol. The van der Waals surface area contributed by atoms with E-state index in [2.05, 4.69) is 40.9 Å². The smallest absolute Gasteiger partial charge is 0.241 e. The van der Waals surface area contributed by atoms with Crippen LogP contribution in [0.5, 0.6) is 0 Å². The molecule has 0 radical (unpaired) electrons. The molecule has 4 heteroatoms. The van der Waals surface area contributed by atoms with Gasteiger partial charge in [-0.25, -0.2) is 0 Å². The van der Waals surface area contributed by atoms with Crippen molar-refractivity contribution in [3.63, 3.8) is 0 Å². The number of amides is 1. The predicted octanol–water partition coefficient (Wildman–Crippen LogP) is 3.39. The molecule has 1 saturated carbocycles. The first-order valence-electron chi connectivity index (χ1n) is 7.79. The molecule has 2 aliphatic rings. The first-order chi connectivity index (χ1) is 9.70. The van der Waals surface area contributed by atoms with E-state index in [0.717, 1.165) is 25.3 Å². The first kappa shape index (κ1) is 14.1. The van der Waals surface area contributed by atoms with E-state index in [0.29, 0.717) is 11.8 Å². The highest BCUT2D eigenvalue weighted by molar-refractivity contribution is 7.07. The lowest BCUT2D eigenvalue weighted by molar-refractivity contribution is -0.130. The monoisotopic (exact) mass is 292 g/mol. The standard InChI is InChI=1S/C16H24N2OS/c1-3-4-14-16(19)18(9-11(2)12-5-6-12)15(17-14)13-7-8-20-10-13/h7-8,10-12,14-15,17H,3-6,9H2,1-2H3. The molecule has 0 bridgehead atoms. The second-order valence-corrected chi connectivity index (χ2v) is 7.05. The molecule has 2 fully saturated rings. The van der Waals surface area contributed by atoms with Crippen molar-refractivity contribution < 1.29 is 4.79 Å². The Morgan fingerprint density at radius 1 is 1.50 bits per heavy atom. The molecule has 1 aliphatic carbocycles. The summed E-state index contributed by atoms with van der Waals surface area (Å²) in [7, 11) is 0. The van der Waals surface area contributed by atoms with Crippen LogP contribution in [0.15, 0.2) is 16.8 Å². The molecule has 1 N–H and O–H groups in total. The zero-order valence-corrected chi connectivity index (χ0v) is 13.2. The molecule has 1 aromatic rings. The Bertz CT molecular complexity index is 455. The van der Waals surface area contributed by atoms with Crippen molar-refractivity contribution in [2.24, 2.45) is 11.8 Å². The topological polar surface area (TPSA) is 32.3 Å². The predicted molar refractivity (Wildman–Crippen MR) is 82.5 cm³/mol. The molecule has 1 saturated heterocycles. The van der Waals surface area contributed by atoms with Gasteiger partial charge >= 0.3 is 0 Å². The Kier molecular flexibility index (Phi) is 4.13. The number of nitrogens with zero attached hydrogens (tertiary/aromatic N) is 1. The Labute approximate surface area is 125 Å². The third-order valence-corrected chi connectivity index (χ3v) is 5.30. The molecule has 1 amide bonds. The van der Waals surface area contributed by atoms with Gasteiger partial charge in [0.15, 0.2) is 0 Å². The quantitative estimate of drug-likeness (QED) is 0.871. The SMILES string of the molecule is CCCC1NC(c2ccsc2)N(CC(C)C2CC2)C1=O. The van der Waals surface area contributed by atoms with Gasteiger partial charge in [-0.1, -0.05) is 20.3 Å². The van der Waals surface area contributed by atoms with E-state index in [4.69, 9.17) is 0 Å². The zero-order valence-electron chi connectivity index (χ0n) is 12.3. The minimum absolute atomic E-state index is 0.0105. The van der Waals surface area contributed by atoms with E-state index in [1.807, 2.05) is 0 Å². The Balaban J connectivity index is 1.76. The van der Waals surface area contributed by atoms with Crippen LogP contribution in [0.3, 0.4) is 0 Å². The fraction of sp³-hybridized carbons (Fsp3) is 0.688. The van der Waals surface area contributed by atoms with Crippen molar-refractivity contribution in [1.29, 1.82) is 0 Å². The molecule has 2 heterocycles. The fourth-order valence-electron chi connectivity index (χ4n) is 3.20. The number of thiophene rings is 1. The zero-order chi connectivity index (χ0) is 14.1. The van der Waals surface area contributed by atoms with Gasteiger partial charge in [-0.05, 0) is 53.5 Å². The molecule has 3 atom stereocenters. The summed E-state index contributed by atoms with van der Waals surface area (Å²) in [5, 5.41) is 7.80. The van der Waals surface area contributed by atoms with Gasteiger partial charge in [-0.3, -0.25) is 10.1 Å². The minimum Gasteiger partial charge on any atom is -0.321 e. The summed E-state index contributed by atoms with van der Waals surface area (Å²) >= 11 is 1.70. The van der Waals surface area contributed by atoms with Crippen LogP contribution in [0.4, 0.5) is 0 Å². The summed E-state index contributed by atoms with van der Waals surface area (Å²) in [5.41, 5.74) is 1.24. The van der Waals surface area contributed by atoms with Crippen LogP contribution in [0, 0.1) is 11.8 Å². The van der Waals surface area contributed by atoms with Gasteiger partial charge in [-0.2, -0.15) is 11.3 Å². The van der Waals surface area contributed by atoms with E-state index < -0.39 is 0 Å². The third kappa shape index (κ3) is 2.77. The van der Waals surface area contributed by atoms with Crippen molar-refractivity contribution in [2.75, 3.05) is 6.54 Å². The summed E-state index contributed by atoms with van der Waals surface area (Å²) < 4.78 is 0. The molecule has 110 valence electrons. The first-order valence-corrected chi connectivity index (χ1v) is 8.73. The largest absolute Gasteiger partial charge is 0.321 e. The highest BCUT2D eigenvalue weighted by Gasteiger charge is 2.41. The van der Waals surface area contributed by atoms with Crippen LogP contribution in [0.1, 0.15) is 51.3 Å². The summed E-state index contributed by atoms with van der Waals surface area (Å²) in [5.74, 6) is 1.77. The van der Waals surface area contributed by atoms with E-state index in [9.17, 15) is 4.79 Å². The van der Waals surface area contributed by atoms with Crippen molar-refractivity contribution in [3.8, 4) is 0 Å². The lowest BCUT2D eigenvalue weighted by Gasteiger charge is -2.26. The van der Waals surface area contributed by atoms with Crippen molar-refractivity contribution >= 4 is 17.2 Å². The molecule has 3 unspecified atom stereocenters. The summed E-state index contributed by atoms with van der Waals surface area (Å²) in [4.78, 5) is 14.7. The van der Waals surface area contributed by atoms with Gasteiger partial charge in [0, 0.05) is 6.54 Å². The number of carbonyl (C=O) groups excluding carboxylic acids is 1. The lowest BCUT2D eigenvalue weighted by Crippen LogP contribution is -2.35. The van der Waals surface area contributed by atoms with Crippen LogP contribution in [-0.4, -0.2) is 23.4 Å². The van der Waals surface area contributed by atoms with Gasteiger partial charge in [0.05, 0.1) is 6.04 Å². The fourth-order valence-corrected chi connectivity index (χ4v) is 3.88. The highest BCUT2D eigenvalue weighted by atomic mass is 32.1. The summed E-state index contributed by atoms with van der Waals surface area (Å²) in [6.07, 6.45) is 4.77. The van der Waals surface area contributed by atoms with Crippen LogP contribution < -0.4 is 5.32 Å². The summed E-state index contributed by atoms with van der Waals surface area (Å²) in [6.45, 7) is 5.34.